The van der Waals surface area contributed by atoms with Gasteiger partial charge in [-0.25, -0.2) is 0 Å². The Kier molecular flexibility index (Phi) is 7.44. The SMILES string of the molecule is CCCN(CC)CCNCC(O)c1cccs1. The summed E-state index contributed by atoms with van der Waals surface area (Å²) in [5.74, 6) is 0. The largest absolute Gasteiger partial charge is 0.386 e. The van der Waals surface area contributed by atoms with Gasteiger partial charge >= 0.3 is 0 Å². The van der Waals surface area contributed by atoms with Crippen LogP contribution in [0, 0.1) is 0 Å². The Morgan fingerprint density at radius 1 is 1.41 bits per heavy atom. The lowest BCUT2D eigenvalue weighted by molar-refractivity contribution is 0.175. The molecule has 0 aliphatic carbocycles. The standard InChI is InChI=1S/C13H24N2OS/c1-3-8-15(4-2)9-7-14-11-12(16)13-6-5-10-17-13/h5-6,10,12,14,16H,3-4,7-9,11H2,1-2H3. The third kappa shape index (κ3) is 5.64. The Labute approximate surface area is 108 Å². The highest BCUT2D eigenvalue weighted by molar-refractivity contribution is 7.10. The molecule has 1 aromatic heterocycles. The van der Waals surface area contributed by atoms with Crippen molar-refractivity contribution >= 4 is 11.3 Å². The number of hydrogen-bond donors (Lipinski definition) is 2. The molecular weight excluding hydrogens is 232 g/mol. The molecule has 2 N–H and O–H groups in total. The number of likely N-dealkylation sites (N-methyl/N-ethyl adjacent to an activating group) is 1. The van der Waals surface area contributed by atoms with Crippen LogP contribution in [0.5, 0.6) is 0 Å². The number of nitrogens with one attached hydrogen (secondary N) is 1. The van der Waals surface area contributed by atoms with Crippen molar-refractivity contribution in [3.8, 4) is 0 Å². The van der Waals surface area contributed by atoms with Crippen LogP contribution in [-0.2, 0) is 0 Å². The number of thiophene rings is 1. The fourth-order valence-electron chi connectivity index (χ4n) is 1.80. The van der Waals surface area contributed by atoms with E-state index in [1.165, 1.54) is 6.42 Å². The fraction of sp³-hybridized carbons (Fsp3) is 0.692. The maximum atomic E-state index is 9.87. The molecule has 0 aromatic carbocycles. The molecular formula is C13H24N2OS. The molecule has 0 radical (unpaired) electrons. The smallest absolute Gasteiger partial charge is 0.101 e. The molecule has 3 nitrogen and oxygen atoms in total. The van der Waals surface area contributed by atoms with Crippen LogP contribution in [0.15, 0.2) is 17.5 Å². The van der Waals surface area contributed by atoms with Crippen LogP contribution in [0.25, 0.3) is 0 Å². The fourth-order valence-corrected chi connectivity index (χ4v) is 2.51. The zero-order valence-electron chi connectivity index (χ0n) is 10.9. The van der Waals surface area contributed by atoms with E-state index in [4.69, 9.17) is 0 Å². The molecule has 0 fully saturated rings. The van der Waals surface area contributed by atoms with Crippen molar-refractivity contribution in [3.63, 3.8) is 0 Å². The maximum absolute atomic E-state index is 9.87. The lowest BCUT2D eigenvalue weighted by Gasteiger charge is -2.20. The monoisotopic (exact) mass is 256 g/mol. The van der Waals surface area contributed by atoms with Crippen LogP contribution < -0.4 is 5.32 Å². The van der Waals surface area contributed by atoms with Gasteiger partial charge in [-0.15, -0.1) is 11.3 Å². The maximum Gasteiger partial charge on any atom is 0.101 e. The van der Waals surface area contributed by atoms with E-state index in [0.717, 1.165) is 31.1 Å². The lowest BCUT2D eigenvalue weighted by Crippen LogP contribution is -2.34. The molecule has 0 saturated heterocycles. The lowest BCUT2D eigenvalue weighted by atomic mass is 10.3. The van der Waals surface area contributed by atoms with Gasteiger partial charge in [0.2, 0.25) is 0 Å². The molecule has 1 rings (SSSR count). The van der Waals surface area contributed by atoms with Crippen molar-refractivity contribution in [1.29, 1.82) is 0 Å². The summed E-state index contributed by atoms with van der Waals surface area (Å²) in [6, 6.07) is 3.95. The summed E-state index contributed by atoms with van der Waals surface area (Å²) in [5, 5.41) is 15.2. The van der Waals surface area contributed by atoms with Crippen molar-refractivity contribution in [2.45, 2.75) is 26.4 Å². The van der Waals surface area contributed by atoms with Gasteiger partial charge in [0.05, 0.1) is 0 Å². The molecule has 0 aliphatic heterocycles. The zero-order chi connectivity index (χ0) is 12.5. The van der Waals surface area contributed by atoms with Crippen LogP contribution in [0.4, 0.5) is 0 Å². The molecule has 17 heavy (non-hydrogen) atoms. The minimum Gasteiger partial charge on any atom is -0.386 e. The van der Waals surface area contributed by atoms with Crippen molar-refractivity contribution < 1.29 is 5.11 Å². The first kappa shape index (κ1) is 14.6. The first-order valence-electron chi connectivity index (χ1n) is 6.42. The summed E-state index contributed by atoms with van der Waals surface area (Å²) in [7, 11) is 0. The van der Waals surface area contributed by atoms with Gasteiger partial charge in [-0.2, -0.15) is 0 Å². The van der Waals surface area contributed by atoms with Crippen LogP contribution in [0.3, 0.4) is 0 Å². The highest BCUT2D eigenvalue weighted by Crippen LogP contribution is 2.17. The molecule has 0 saturated carbocycles. The van der Waals surface area contributed by atoms with Crippen LogP contribution in [-0.4, -0.2) is 42.7 Å². The van der Waals surface area contributed by atoms with E-state index in [9.17, 15) is 5.11 Å². The molecule has 0 bridgehead atoms. The van der Waals surface area contributed by atoms with Crippen molar-refractivity contribution in [2.75, 3.05) is 32.7 Å². The van der Waals surface area contributed by atoms with Crippen molar-refractivity contribution in [2.24, 2.45) is 0 Å². The minimum atomic E-state index is -0.365. The molecule has 1 atom stereocenters. The summed E-state index contributed by atoms with van der Waals surface area (Å²) in [6.07, 6.45) is 0.835. The zero-order valence-corrected chi connectivity index (χ0v) is 11.7. The molecule has 0 spiro atoms. The van der Waals surface area contributed by atoms with Gasteiger partial charge in [0, 0.05) is 24.5 Å². The van der Waals surface area contributed by atoms with Crippen LogP contribution in [0.2, 0.25) is 0 Å². The van der Waals surface area contributed by atoms with Crippen LogP contribution >= 0.6 is 11.3 Å². The first-order valence-corrected chi connectivity index (χ1v) is 7.30. The van der Waals surface area contributed by atoms with Gasteiger partial charge in [0.25, 0.3) is 0 Å². The molecule has 98 valence electrons. The third-order valence-electron chi connectivity index (χ3n) is 2.80. The van der Waals surface area contributed by atoms with Gasteiger partial charge < -0.3 is 15.3 Å². The van der Waals surface area contributed by atoms with Crippen molar-refractivity contribution in [1.82, 2.24) is 10.2 Å². The Balaban J connectivity index is 2.11. The highest BCUT2D eigenvalue weighted by atomic mass is 32.1. The average molecular weight is 256 g/mol. The van der Waals surface area contributed by atoms with Gasteiger partial charge in [-0.05, 0) is 31.0 Å². The van der Waals surface area contributed by atoms with E-state index in [0.29, 0.717) is 6.54 Å². The third-order valence-corrected chi connectivity index (χ3v) is 3.77. The van der Waals surface area contributed by atoms with Gasteiger partial charge in [-0.3, -0.25) is 0 Å². The molecule has 0 amide bonds. The second-order valence-electron chi connectivity index (χ2n) is 4.17. The molecule has 0 aliphatic rings. The summed E-state index contributed by atoms with van der Waals surface area (Å²) < 4.78 is 0. The molecule has 1 aromatic rings. The normalized spacial score (nSPS) is 13.2. The summed E-state index contributed by atoms with van der Waals surface area (Å²) in [5.41, 5.74) is 0. The predicted octanol–water partition coefficient (Wildman–Crippen LogP) is 2.10. The Hall–Kier alpha value is -0.420. The average Bonchev–Trinajstić information content (AvgIpc) is 2.86. The number of nitrogens with zero attached hydrogens (tertiary/aromatic N) is 1. The number of aliphatic hydroxyl groups excluding tert-OH is 1. The van der Waals surface area contributed by atoms with E-state index < -0.39 is 0 Å². The summed E-state index contributed by atoms with van der Waals surface area (Å²) in [6.45, 7) is 9.30. The number of aliphatic hydroxyl groups is 1. The second-order valence-corrected chi connectivity index (χ2v) is 5.15. The quantitative estimate of drug-likeness (QED) is 0.664. The Morgan fingerprint density at radius 2 is 2.24 bits per heavy atom. The van der Waals surface area contributed by atoms with E-state index in [1.807, 2.05) is 17.5 Å². The summed E-state index contributed by atoms with van der Waals surface area (Å²) >= 11 is 1.61. The Bertz CT molecular complexity index is 277. The van der Waals surface area contributed by atoms with Crippen LogP contribution in [0.1, 0.15) is 31.2 Å². The Morgan fingerprint density at radius 3 is 2.82 bits per heavy atom. The number of hydrogen-bond acceptors (Lipinski definition) is 4. The van der Waals surface area contributed by atoms with Crippen molar-refractivity contribution in [3.05, 3.63) is 22.4 Å². The highest BCUT2D eigenvalue weighted by Gasteiger charge is 2.07. The van der Waals surface area contributed by atoms with Gasteiger partial charge in [-0.1, -0.05) is 19.9 Å². The first-order chi connectivity index (χ1) is 8.27. The predicted molar refractivity (Wildman–Crippen MR) is 74.6 cm³/mol. The van der Waals surface area contributed by atoms with Gasteiger partial charge in [0.15, 0.2) is 0 Å². The van der Waals surface area contributed by atoms with E-state index in [2.05, 4.69) is 24.1 Å². The topological polar surface area (TPSA) is 35.5 Å². The molecule has 4 heteroatoms. The van der Waals surface area contributed by atoms with E-state index in [1.54, 1.807) is 11.3 Å². The summed E-state index contributed by atoms with van der Waals surface area (Å²) in [4.78, 5) is 3.46. The van der Waals surface area contributed by atoms with E-state index in [-0.39, 0.29) is 6.10 Å². The van der Waals surface area contributed by atoms with E-state index >= 15 is 0 Å². The van der Waals surface area contributed by atoms with Gasteiger partial charge in [0.1, 0.15) is 6.10 Å². The minimum absolute atomic E-state index is 0.365. The molecule has 1 unspecified atom stereocenters. The number of rotatable bonds is 9. The molecule has 1 heterocycles. The second kappa shape index (κ2) is 8.64.